The van der Waals surface area contributed by atoms with E-state index in [0.29, 0.717) is 80.7 Å². The lowest BCUT2D eigenvalue weighted by atomic mass is 9.92. The summed E-state index contributed by atoms with van der Waals surface area (Å²) in [5.74, 6) is 1.15. The Kier molecular flexibility index (Phi) is 13.8. The van der Waals surface area contributed by atoms with Gasteiger partial charge in [0.1, 0.15) is 29.5 Å². The fraction of sp³-hybridized carbons (Fsp3) is 0.434. The van der Waals surface area contributed by atoms with Crippen molar-refractivity contribution in [2.45, 2.75) is 57.2 Å². The van der Waals surface area contributed by atoms with Crippen LogP contribution in [0.5, 0.6) is 5.75 Å². The Morgan fingerprint density at radius 1 is 0.824 bits per heavy atom. The average molecular weight is 1040 g/mol. The van der Waals surface area contributed by atoms with Crippen LogP contribution >= 0.6 is 18.7 Å². The lowest BCUT2D eigenvalue weighted by Gasteiger charge is -2.44. The summed E-state index contributed by atoms with van der Waals surface area (Å²) in [5, 5.41) is 14.5. The molecule has 0 bridgehead atoms. The SMILES string of the molecule is COc1cc(N2CCC(N3CCC(CN4CCN(c5ccc6c(c5)CN(C5CCC(=O)NC5=O)C6=O)CC4)CC3)CC2)c(-c2cnn(C)c2)cc1Nc1ncc(Cl)c(Nc2ccc3nccnc3c2P(C)(C)=O)n1. The van der Waals surface area contributed by atoms with E-state index in [0.717, 1.165) is 99.8 Å². The maximum absolute atomic E-state index is 13.6. The van der Waals surface area contributed by atoms with E-state index in [1.54, 1.807) is 37.7 Å². The predicted octanol–water partition coefficient (Wildman–Crippen LogP) is 6.48. The molecule has 5 aliphatic rings. The number of carbonyl (C=O) groups is 3. The van der Waals surface area contributed by atoms with Gasteiger partial charge in [-0.2, -0.15) is 10.1 Å². The first-order valence-electron chi connectivity index (χ1n) is 25.6. The minimum absolute atomic E-state index is 0.134. The van der Waals surface area contributed by atoms with Crippen molar-refractivity contribution in [2.24, 2.45) is 13.0 Å². The third kappa shape index (κ3) is 10.1. The van der Waals surface area contributed by atoms with Gasteiger partial charge < -0.3 is 39.5 Å². The van der Waals surface area contributed by atoms with E-state index in [1.165, 1.54) is 19.0 Å². The number of amides is 3. The molecule has 1 unspecified atom stereocenters. The van der Waals surface area contributed by atoms with Crippen molar-refractivity contribution in [1.82, 2.24) is 49.7 Å². The molecular weight excluding hydrogens is 979 g/mol. The summed E-state index contributed by atoms with van der Waals surface area (Å²) in [4.78, 5) is 67.6. The molecule has 8 heterocycles. The van der Waals surface area contributed by atoms with Crippen LogP contribution in [0.25, 0.3) is 22.2 Å². The molecule has 0 saturated carbocycles. The highest BCUT2D eigenvalue weighted by Gasteiger charge is 2.40. The fourth-order valence-corrected chi connectivity index (χ4v) is 13.1. The van der Waals surface area contributed by atoms with Crippen LogP contribution in [-0.4, -0.2) is 154 Å². The van der Waals surface area contributed by atoms with Gasteiger partial charge >= 0.3 is 0 Å². The minimum Gasteiger partial charge on any atom is -0.494 e. The maximum atomic E-state index is 13.6. The number of carbonyl (C=O) groups excluding carboxylic acids is 3. The average Bonchev–Trinajstić information content (AvgIpc) is 3.99. The molecule has 6 aromatic rings. The molecule has 3 N–H and O–H groups in total. The third-order valence-corrected chi connectivity index (χ3v) is 17.3. The van der Waals surface area contributed by atoms with Crippen molar-refractivity contribution in [3.63, 3.8) is 0 Å². The minimum atomic E-state index is -2.83. The number of benzene rings is 3. The molecule has 74 heavy (non-hydrogen) atoms. The van der Waals surface area contributed by atoms with Crippen molar-refractivity contribution in [3.8, 4) is 16.9 Å². The van der Waals surface area contributed by atoms with Crippen molar-refractivity contribution in [1.29, 1.82) is 0 Å². The van der Waals surface area contributed by atoms with Crippen LogP contribution in [0, 0.1) is 5.92 Å². The van der Waals surface area contributed by atoms with Crippen molar-refractivity contribution in [3.05, 3.63) is 89.6 Å². The zero-order valence-electron chi connectivity index (χ0n) is 42.3. The first kappa shape index (κ1) is 49.5. The second kappa shape index (κ2) is 20.6. The molecule has 21 heteroatoms. The molecular formula is C53H62ClN14O5P. The van der Waals surface area contributed by atoms with Crippen molar-refractivity contribution < 1.29 is 23.7 Å². The lowest BCUT2D eigenvalue weighted by Crippen LogP contribution is -2.52. The predicted molar refractivity (Wildman–Crippen MR) is 288 cm³/mol. The van der Waals surface area contributed by atoms with Gasteiger partial charge in [-0.3, -0.25) is 39.3 Å². The van der Waals surface area contributed by atoms with Crippen LogP contribution in [-0.2, 0) is 27.7 Å². The van der Waals surface area contributed by atoms with Crippen LogP contribution in [0.3, 0.4) is 0 Å². The summed E-state index contributed by atoms with van der Waals surface area (Å²) >= 11 is 6.69. The zero-order valence-corrected chi connectivity index (χ0v) is 43.9. The molecule has 4 saturated heterocycles. The largest absolute Gasteiger partial charge is 0.494 e. The molecule has 0 aliphatic carbocycles. The Balaban J connectivity index is 0.698. The molecule has 3 amide bonds. The summed E-state index contributed by atoms with van der Waals surface area (Å²) in [6, 6.07) is 13.8. The first-order valence-corrected chi connectivity index (χ1v) is 28.5. The number of imide groups is 1. The molecule has 386 valence electrons. The van der Waals surface area contributed by atoms with E-state index in [2.05, 4.69) is 73.8 Å². The van der Waals surface area contributed by atoms with Crippen molar-refractivity contribution >= 4 is 87.3 Å². The van der Waals surface area contributed by atoms with Gasteiger partial charge in [0.05, 0.1) is 41.7 Å². The molecule has 19 nitrogen and oxygen atoms in total. The molecule has 3 aromatic heterocycles. The van der Waals surface area contributed by atoms with E-state index >= 15 is 0 Å². The summed E-state index contributed by atoms with van der Waals surface area (Å²) in [6.45, 7) is 12.9. The number of fused-ring (bicyclic) bond motifs is 2. The Bertz CT molecular complexity index is 3180. The number of aromatic nitrogens is 6. The van der Waals surface area contributed by atoms with Crippen LogP contribution < -0.4 is 35.8 Å². The summed E-state index contributed by atoms with van der Waals surface area (Å²) in [6.07, 6.45) is 13.8. The van der Waals surface area contributed by atoms with E-state index in [9.17, 15) is 18.9 Å². The number of methoxy groups -OCH3 is 1. The normalized spacial score (nSPS) is 19.6. The van der Waals surface area contributed by atoms with Gasteiger partial charge in [0, 0.05) is 125 Å². The number of aryl methyl sites for hydroxylation is 1. The highest BCUT2D eigenvalue weighted by atomic mass is 35.5. The molecule has 11 rings (SSSR count). The molecule has 0 spiro atoms. The van der Waals surface area contributed by atoms with Crippen LogP contribution in [0.2, 0.25) is 5.02 Å². The standard InChI is InChI=1S/C53H62ClN14O5P/c1-63-31-35(28-58-63)39-26-43(60-53-57-29-40(54)50(62-53)59-42-8-7-41-48(56-16-15-55-41)49(42)74(3,4)72)46(73-2)27-45(39)67-19-13-36(14-20-67)65-17-11-33(12-18-65)30-64-21-23-66(24-22-64)37-5-6-38-34(25-37)32-68(52(38)71)44-9-10-47(69)61-51(44)70/h5-8,15-16,25-29,31,33,36,44H,9-14,17-24,30,32H2,1-4H3,(H,61,69,70)(H2,57,59,60,62). The van der Waals surface area contributed by atoms with Crippen LogP contribution in [0.4, 0.5) is 34.5 Å². The fourth-order valence-electron chi connectivity index (χ4n) is 11.6. The topological polar surface area (TPSA) is 199 Å². The zero-order chi connectivity index (χ0) is 51.3. The quantitative estimate of drug-likeness (QED) is 0.0838. The number of ether oxygens (including phenoxy) is 1. The number of anilines is 6. The van der Waals surface area contributed by atoms with Gasteiger partial charge in [0.15, 0.2) is 5.82 Å². The van der Waals surface area contributed by atoms with Gasteiger partial charge in [-0.25, -0.2) is 4.98 Å². The highest BCUT2D eigenvalue weighted by Crippen LogP contribution is 2.44. The summed E-state index contributed by atoms with van der Waals surface area (Å²) < 4.78 is 21.5. The van der Waals surface area contributed by atoms with E-state index in [4.69, 9.17) is 21.3 Å². The van der Waals surface area contributed by atoms with E-state index < -0.39 is 13.2 Å². The molecule has 1 atom stereocenters. The number of halogens is 1. The number of likely N-dealkylation sites (tertiary alicyclic amines) is 1. The van der Waals surface area contributed by atoms with Gasteiger partial charge in [0.2, 0.25) is 17.8 Å². The smallest absolute Gasteiger partial charge is 0.255 e. The van der Waals surface area contributed by atoms with E-state index in [1.807, 2.05) is 48.4 Å². The highest BCUT2D eigenvalue weighted by molar-refractivity contribution is 7.71. The molecule has 3 aromatic carbocycles. The van der Waals surface area contributed by atoms with Gasteiger partial charge in [0.25, 0.3) is 5.91 Å². The second-order valence-corrected chi connectivity index (χ2v) is 24.1. The second-order valence-electron chi connectivity index (χ2n) is 20.6. The lowest BCUT2D eigenvalue weighted by molar-refractivity contribution is -0.136. The van der Waals surface area contributed by atoms with Gasteiger partial charge in [-0.15, -0.1) is 0 Å². The maximum Gasteiger partial charge on any atom is 0.255 e. The number of hydrogen-bond acceptors (Lipinski definition) is 16. The summed E-state index contributed by atoms with van der Waals surface area (Å²) in [7, 11) is 0.755. The number of rotatable bonds is 13. The summed E-state index contributed by atoms with van der Waals surface area (Å²) in [5.41, 5.74) is 8.25. The van der Waals surface area contributed by atoms with Gasteiger partial charge in [-0.05, 0) is 106 Å². The monoisotopic (exact) mass is 1040 g/mol. The van der Waals surface area contributed by atoms with Crippen LogP contribution in [0.1, 0.15) is 54.4 Å². The molecule has 0 radical (unpaired) electrons. The Morgan fingerprint density at radius 3 is 2.34 bits per heavy atom. The third-order valence-electron chi connectivity index (χ3n) is 15.5. The molecule has 5 aliphatic heterocycles. The number of nitrogens with one attached hydrogen (secondary N) is 3. The number of piperidine rings is 3. The Hall–Kier alpha value is -6.66. The Labute approximate surface area is 435 Å². The first-order chi connectivity index (χ1) is 35.8. The Morgan fingerprint density at radius 2 is 1.61 bits per heavy atom. The number of piperazine rings is 1. The van der Waals surface area contributed by atoms with E-state index in [-0.39, 0.29) is 24.1 Å². The van der Waals surface area contributed by atoms with Gasteiger partial charge in [-0.1, -0.05) is 11.6 Å². The molecule has 4 fully saturated rings. The number of hydrogen-bond donors (Lipinski definition) is 3. The number of nitrogens with zero attached hydrogens (tertiary/aromatic N) is 11. The van der Waals surface area contributed by atoms with Crippen LogP contribution in [0.15, 0.2) is 73.4 Å². The van der Waals surface area contributed by atoms with Crippen molar-refractivity contribution in [2.75, 3.05) is 99.8 Å².